The van der Waals surface area contributed by atoms with Gasteiger partial charge in [-0.2, -0.15) is 4.31 Å². The number of fused-ring (bicyclic) bond motifs is 1. The van der Waals surface area contributed by atoms with Gasteiger partial charge in [0.05, 0.1) is 21.6 Å². The van der Waals surface area contributed by atoms with E-state index in [1.165, 1.54) is 42.6 Å². The molecule has 1 heterocycles. The normalized spacial score (nSPS) is 16.3. The fourth-order valence-electron chi connectivity index (χ4n) is 3.35. The number of thiophene rings is 1. The number of rotatable bonds is 7. The lowest BCUT2D eigenvalue weighted by atomic mass is 9.98. The summed E-state index contributed by atoms with van der Waals surface area (Å²) in [6.07, 6.45) is 0.0238. The Morgan fingerprint density at radius 3 is 2.66 bits per heavy atom. The van der Waals surface area contributed by atoms with E-state index in [0.29, 0.717) is 41.0 Å². The molecule has 3 rings (SSSR count). The molecule has 0 saturated carbocycles. The summed E-state index contributed by atoms with van der Waals surface area (Å²) in [6.45, 7) is 3.41. The van der Waals surface area contributed by atoms with Gasteiger partial charge in [-0.15, -0.1) is 11.3 Å². The standard InChI is InChI=1S/C21H26FN3O5S2/c1-13(2)23-21(27)30-24-17-6-4-5-16-19(12-31-20(16)17)32(28,29)25(3)11-18(26)14-7-9-15(22)10-8-14/h7-10,12-13,18,26H,4-6,11H2,1-3H3,(H,23,27)/b24-17-. The third-order valence-electron chi connectivity index (χ3n) is 4.98. The molecule has 1 unspecified atom stereocenters. The summed E-state index contributed by atoms with van der Waals surface area (Å²) in [5, 5.41) is 18.5. The molecule has 1 aromatic carbocycles. The van der Waals surface area contributed by atoms with Crippen molar-refractivity contribution in [1.82, 2.24) is 9.62 Å². The van der Waals surface area contributed by atoms with Crippen molar-refractivity contribution < 1.29 is 27.5 Å². The van der Waals surface area contributed by atoms with Gasteiger partial charge in [-0.3, -0.25) is 4.84 Å². The molecule has 2 aromatic rings. The van der Waals surface area contributed by atoms with Crippen LogP contribution >= 0.6 is 11.3 Å². The molecule has 0 bridgehead atoms. The van der Waals surface area contributed by atoms with Crippen LogP contribution in [0, 0.1) is 5.82 Å². The summed E-state index contributed by atoms with van der Waals surface area (Å²) >= 11 is 1.23. The molecule has 0 radical (unpaired) electrons. The highest BCUT2D eigenvalue weighted by Gasteiger charge is 2.31. The Hall–Kier alpha value is -2.34. The molecule has 174 valence electrons. The number of carbonyl (C=O) groups is 1. The molecule has 1 atom stereocenters. The first-order valence-corrected chi connectivity index (χ1v) is 12.5. The molecule has 2 N–H and O–H groups in total. The number of nitrogens with zero attached hydrogens (tertiary/aromatic N) is 2. The van der Waals surface area contributed by atoms with Gasteiger partial charge in [0.2, 0.25) is 10.0 Å². The number of aliphatic hydroxyl groups excluding tert-OH is 1. The molecule has 0 saturated heterocycles. The Morgan fingerprint density at radius 1 is 1.31 bits per heavy atom. The fourth-order valence-corrected chi connectivity index (χ4v) is 6.23. The first-order valence-electron chi connectivity index (χ1n) is 10.1. The number of carbonyl (C=O) groups excluding carboxylic acids is 1. The number of oxime groups is 1. The first-order chi connectivity index (χ1) is 15.1. The molecule has 0 fully saturated rings. The summed E-state index contributed by atoms with van der Waals surface area (Å²) in [6, 6.07) is 5.18. The Kier molecular flexibility index (Phi) is 7.65. The minimum Gasteiger partial charge on any atom is -0.387 e. The van der Waals surface area contributed by atoms with Crippen LogP contribution in [0.3, 0.4) is 0 Å². The van der Waals surface area contributed by atoms with E-state index in [0.717, 1.165) is 4.31 Å². The Labute approximate surface area is 190 Å². The Morgan fingerprint density at radius 2 is 2.00 bits per heavy atom. The van der Waals surface area contributed by atoms with Gasteiger partial charge >= 0.3 is 6.09 Å². The average Bonchev–Trinajstić information content (AvgIpc) is 3.17. The van der Waals surface area contributed by atoms with Crippen LogP contribution in [-0.4, -0.2) is 49.3 Å². The molecule has 1 aliphatic carbocycles. The van der Waals surface area contributed by atoms with E-state index in [4.69, 9.17) is 4.84 Å². The molecule has 0 spiro atoms. The number of halogens is 1. The number of aliphatic hydroxyl groups is 1. The maximum absolute atomic E-state index is 13.2. The van der Waals surface area contributed by atoms with Crippen LogP contribution in [0.2, 0.25) is 0 Å². The third-order valence-corrected chi connectivity index (χ3v) is 8.09. The van der Waals surface area contributed by atoms with Gasteiger partial charge in [0.25, 0.3) is 0 Å². The maximum Gasteiger partial charge on any atom is 0.433 e. The van der Waals surface area contributed by atoms with E-state index in [9.17, 15) is 22.7 Å². The van der Waals surface area contributed by atoms with Crippen molar-refractivity contribution in [3.05, 3.63) is 51.5 Å². The summed E-state index contributed by atoms with van der Waals surface area (Å²) in [5.41, 5.74) is 1.59. The van der Waals surface area contributed by atoms with Crippen molar-refractivity contribution in [1.29, 1.82) is 0 Å². The van der Waals surface area contributed by atoms with E-state index in [1.54, 1.807) is 19.2 Å². The van der Waals surface area contributed by atoms with E-state index in [2.05, 4.69) is 10.5 Å². The number of hydrogen-bond donors (Lipinski definition) is 2. The highest BCUT2D eigenvalue weighted by atomic mass is 32.2. The Bertz CT molecular complexity index is 1100. The van der Waals surface area contributed by atoms with Crippen LogP contribution in [0.25, 0.3) is 0 Å². The molecule has 0 aliphatic heterocycles. The molecule has 32 heavy (non-hydrogen) atoms. The fraction of sp³-hybridized carbons (Fsp3) is 0.429. The van der Waals surface area contributed by atoms with Gasteiger partial charge in [-0.05, 0) is 56.4 Å². The Balaban J connectivity index is 1.78. The van der Waals surface area contributed by atoms with E-state index >= 15 is 0 Å². The second kappa shape index (κ2) is 10.1. The van der Waals surface area contributed by atoms with Gasteiger partial charge in [-0.1, -0.05) is 17.3 Å². The molecule has 1 aliphatic rings. The summed E-state index contributed by atoms with van der Waals surface area (Å²) < 4.78 is 40.6. The van der Waals surface area contributed by atoms with Gasteiger partial charge < -0.3 is 10.4 Å². The zero-order chi connectivity index (χ0) is 23.5. The number of benzene rings is 1. The minimum atomic E-state index is -3.88. The molecule has 1 aromatic heterocycles. The van der Waals surface area contributed by atoms with Gasteiger partial charge in [-0.25, -0.2) is 17.6 Å². The zero-order valence-electron chi connectivity index (χ0n) is 18.0. The van der Waals surface area contributed by atoms with Gasteiger partial charge in [0.15, 0.2) is 0 Å². The van der Waals surface area contributed by atoms with Crippen molar-refractivity contribution in [2.75, 3.05) is 13.6 Å². The monoisotopic (exact) mass is 483 g/mol. The summed E-state index contributed by atoms with van der Waals surface area (Å²) in [7, 11) is -2.49. The highest BCUT2D eigenvalue weighted by molar-refractivity contribution is 7.89. The van der Waals surface area contributed by atoms with E-state index in [-0.39, 0.29) is 17.5 Å². The number of sulfonamides is 1. The van der Waals surface area contributed by atoms with E-state index < -0.39 is 28.0 Å². The summed E-state index contributed by atoms with van der Waals surface area (Å²) in [5.74, 6) is -0.435. The maximum atomic E-state index is 13.2. The first kappa shape index (κ1) is 24.3. The van der Waals surface area contributed by atoms with Crippen LogP contribution in [0.15, 0.2) is 39.7 Å². The van der Waals surface area contributed by atoms with Crippen LogP contribution in [0.5, 0.6) is 0 Å². The predicted molar refractivity (Wildman–Crippen MR) is 120 cm³/mol. The lowest BCUT2D eigenvalue weighted by molar-refractivity contribution is 0.148. The second-order valence-corrected chi connectivity index (χ2v) is 10.7. The zero-order valence-corrected chi connectivity index (χ0v) is 19.7. The van der Waals surface area contributed by atoms with Crippen molar-refractivity contribution >= 4 is 33.2 Å². The van der Waals surface area contributed by atoms with Crippen molar-refractivity contribution in [2.45, 2.75) is 50.2 Å². The molecular formula is C21H26FN3O5S2. The summed E-state index contributed by atoms with van der Waals surface area (Å²) in [4.78, 5) is 17.5. The smallest absolute Gasteiger partial charge is 0.387 e. The van der Waals surface area contributed by atoms with E-state index in [1.807, 2.05) is 0 Å². The third kappa shape index (κ3) is 5.52. The average molecular weight is 484 g/mol. The lowest BCUT2D eigenvalue weighted by Crippen LogP contribution is -2.32. The highest BCUT2D eigenvalue weighted by Crippen LogP contribution is 2.35. The topological polar surface area (TPSA) is 108 Å². The van der Waals surface area contributed by atoms with Crippen LogP contribution in [0.4, 0.5) is 9.18 Å². The SMILES string of the molecule is CC(C)NC(=O)O/N=C1/CCCc2c(S(=O)(=O)N(C)CC(O)c3ccc(F)cc3)csc21. The molecule has 11 heteroatoms. The second-order valence-electron chi connectivity index (χ2n) is 7.83. The number of nitrogens with one attached hydrogen (secondary N) is 1. The quantitative estimate of drug-likeness (QED) is 0.463. The molecule has 1 amide bonds. The van der Waals surface area contributed by atoms with Crippen molar-refractivity contribution in [2.24, 2.45) is 5.16 Å². The molecular weight excluding hydrogens is 457 g/mol. The van der Waals surface area contributed by atoms with Crippen molar-refractivity contribution in [3.8, 4) is 0 Å². The van der Waals surface area contributed by atoms with Crippen LogP contribution in [0.1, 0.15) is 48.8 Å². The van der Waals surface area contributed by atoms with Crippen molar-refractivity contribution in [3.63, 3.8) is 0 Å². The van der Waals surface area contributed by atoms with Gasteiger partial charge in [0, 0.05) is 25.0 Å². The number of hydrogen-bond acceptors (Lipinski definition) is 7. The van der Waals surface area contributed by atoms with Crippen LogP contribution in [-0.2, 0) is 21.3 Å². The largest absolute Gasteiger partial charge is 0.433 e. The van der Waals surface area contributed by atoms with Gasteiger partial charge in [0.1, 0.15) is 5.82 Å². The predicted octanol–water partition coefficient (Wildman–Crippen LogP) is 3.42. The number of amides is 1. The number of likely N-dealkylation sites (N-methyl/N-ethyl adjacent to an activating group) is 1. The lowest BCUT2D eigenvalue weighted by Gasteiger charge is -2.22. The minimum absolute atomic E-state index is 0.0936. The molecule has 8 nitrogen and oxygen atoms in total. The van der Waals surface area contributed by atoms with Crippen LogP contribution < -0.4 is 5.32 Å².